The molecule has 6 aromatic rings. The first-order chi connectivity index (χ1) is 27.2. The highest BCUT2D eigenvalue weighted by Gasteiger charge is 2.48. The molecular weight excluding hydrogens is 709 g/mol. The number of methoxy groups -OCH3 is 1. The Labute approximate surface area is 324 Å². The number of ether oxygens (including phenoxy) is 2. The zero-order valence-electron chi connectivity index (χ0n) is 32.0. The van der Waals surface area contributed by atoms with Crippen LogP contribution < -0.4 is 15.4 Å². The summed E-state index contributed by atoms with van der Waals surface area (Å²) in [6.45, 7) is 6.35. The number of hydrogen-bond donors (Lipinski definition) is 4. The predicted octanol–water partition coefficient (Wildman–Crippen LogP) is 7.93. The number of likely N-dealkylation sites (tertiary alicyclic amines) is 1. The monoisotopic (exact) mass is 754 g/mol. The Morgan fingerprint density at radius 3 is 2.45 bits per heavy atom. The maximum atomic E-state index is 13.7. The van der Waals surface area contributed by atoms with E-state index in [0.717, 1.165) is 81.3 Å². The van der Waals surface area contributed by atoms with Gasteiger partial charge in [-0.2, -0.15) is 0 Å². The van der Waals surface area contributed by atoms with Crippen molar-refractivity contribution in [2.24, 2.45) is 5.92 Å². The number of imidazole rings is 2. The van der Waals surface area contributed by atoms with Crippen LogP contribution in [-0.2, 0) is 9.53 Å². The number of alkyl carbamates (subject to hydrolysis) is 1. The molecule has 13 heteroatoms. The molecule has 4 aliphatic rings. The summed E-state index contributed by atoms with van der Waals surface area (Å²) in [6, 6.07) is 18.3. The van der Waals surface area contributed by atoms with E-state index in [9.17, 15) is 9.59 Å². The van der Waals surface area contributed by atoms with Crippen LogP contribution in [0.2, 0.25) is 0 Å². The summed E-state index contributed by atoms with van der Waals surface area (Å²) in [6.07, 6.45) is 9.11. The van der Waals surface area contributed by atoms with Gasteiger partial charge in [0.2, 0.25) is 12.1 Å². The second-order valence-electron chi connectivity index (χ2n) is 16.2. The molecular formula is C43H46N8O5. The summed E-state index contributed by atoms with van der Waals surface area (Å²) in [4.78, 5) is 44.3. The van der Waals surface area contributed by atoms with Gasteiger partial charge in [-0.15, -0.1) is 0 Å². The lowest BCUT2D eigenvalue weighted by atomic mass is 10.0. The second kappa shape index (κ2) is 13.1. The Balaban J connectivity index is 0.960. The Kier molecular flexibility index (Phi) is 8.14. The Morgan fingerprint density at radius 2 is 1.71 bits per heavy atom. The smallest absolute Gasteiger partial charge is 0.407 e. The largest absolute Gasteiger partial charge is 0.462 e. The average Bonchev–Trinajstić information content (AvgIpc) is 3.94. The maximum absolute atomic E-state index is 13.7. The molecule has 7 heterocycles. The van der Waals surface area contributed by atoms with Gasteiger partial charge in [0.1, 0.15) is 29.2 Å². The fraction of sp³-hybridized carbons (Fsp3) is 0.395. The lowest BCUT2D eigenvalue weighted by molar-refractivity contribution is -0.135. The molecule has 288 valence electrons. The first kappa shape index (κ1) is 34.7. The molecule has 2 saturated heterocycles. The van der Waals surface area contributed by atoms with Crippen molar-refractivity contribution in [3.63, 3.8) is 0 Å². The van der Waals surface area contributed by atoms with Crippen LogP contribution in [-0.4, -0.2) is 66.6 Å². The van der Waals surface area contributed by atoms with Gasteiger partial charge < -0.3 is 39.4 Å². The number of furan rings is 1. The second-order valence-corrected chi connectivity index (χ2v) is 16.2. The fourth-order valence-corrected chi connectivity index (χ4v) is 9.00. The Morgan fingerprint density at radius 1 is 0.946 bits per heavy atom. The van der Waals surface area contributed by atoms with E-state index in [-0.39, 0.29) is 23.9 Å². The third kappa shape index (κ3) is 5.87. The Bertz CT molecular complexity index is 2490. The molecule has 4 N–H and O–H groups in total. The van der Waals surface area contributed by atoms with Gasteiger partial charge in [-0.05, 0) is 93.8 Å². The molecule has 13 nitrogen and oxygen atoms in total. The van der Waals surface area contributed by atoms with Crippen LogP contribution in [0.15, 0.2) is 71.4 Å². The van der Waals surface area contributed by atoms with Gasteiger partial charge in [0.25, 0.3) is 0 Å². The summed E-state index contributed by atoms with van der Waals surface area (Å²) >= 11 is 0. The minimum Gasteiger partial charge on any atom is -0.462 e. The number of H-pyrrole nitrogens is 2. The standard InChI is InChI=1S/C43H46N8O5/c1-23(2)37(48-42(53)54-4)40(52)50-17-5-6-33(50)39-45-22-31(47-39)26-8-10-28-34-19-27-18-25(30-21-44-38(46-30)29-13-14-43(49-29)15-16-43)9-11-32(27)51(34)41(56-36(28)20-26)35-12-7-24(3)55-35/h7-12,18-23,29,33,37,41,49H,5-6,13-17H2,1-4H3,(H,44,46)(H,45,47)(H,48,53)/t29-,33-,37-,41?/m0/s1. The molecule has 3 aliphatic heterocycles. The molecule has 1 aliphatic carbocycles. The summed E-state index contributed by atoms with van der Waals surface area (Å²) in [5, 5.41) is 7.62. The van der Waals surface area contributed by atoms with Crippen molar-refractivity contribution in [1.82, 2.24) is 40.0 Å². The zero-order valence-corrected chi connectivity index (χ0v) is 32.0. The topological polar surface area (TPSA) is 155 Å². The van der Waals surface area contributed by atoms with Crippen molar-refractivity contribution in [2.75, 3.05) is 13.7 Å². The first-order valence-corrected chi connectivity index (χ1v) is 19.7. The molecule has 0 radical (unpaired) electrons. The number of rotatable bonds is 8. The fourth-order valence-electron chi connectivity index (χ4n) is 9.00. The van der Waals surface area contributed by atoms with Crippen molar-refractivity contribution >= 4 is 22.9 Å². The van der Waals surface area contributed by atoms with E-state index in [1.165, 1.54) is 26.4 Å². The minimum atomic E-state index is -0.698. The van der Waals surface area contributed by atoms with Crippen LogP contribution in [0, 0.1) is 12.8 Å². The van der Waals surface area contributed by atoms with Crippen molar-refractivity contribution < 1.29 is 23.5 Å². The van der Waals surface area contributed by atoms with Crippen LogP contribution in [0.4, 0.5) is 4.79 Å². The van der Waals surface area contributed by atoms with Gasteiger partial charge in [0.05, 0.1) is 54.2 Å². The van der Waals surface area contributed by atoms with Crippen LogP contribution in [0.5, 0.6) is 5.75 Å². The number of amides is 2. The molecule has 3 fully saturated rings. The number of hydrogen-bond acceptors (Lipinski definition) is 8. The van der Waals surface area contributed by atoms with Gasteiger partial charge in [-0.25, -0.2) is 14.8 Å². The third-order valence-electron chi connectivity index (χ3n) is 12.2. The summed E-state index contributed by atoms with van der Waals surface area (Å²) in [7, 11) is 1.30. The van der Waals surface area contributed by atoms with E-state index in [1.807, 2.05) is 56.3 Å². The number of aromatic nitrogens is 5. The normalized spacial score (nSPS) is 21.3. The third-order valence-corrected chi connectivity index (χ3v) is 12.2. The SMILES string of the molecule is COC(=O)N[C@H](C(=O)N1CCC[C@H]1c1ncc(-c2ccc3c(c2)OC(c2ccc(C)o2)n2c-3cc3cc(-c4cnc([C@@H]5CCC6(CC6)N5)[nH]4)ccc32)[nH]1)C(C)C. The highest BCUT2D eigenvalue weighted by atomic mass is 16.5. The number of carbonyl (C=O) groups is 2. The van der Waals surface area contributed by atoms with E-state index >= 15 is 0 Å². The maximum Gasteiger partial charge on any atom is 0.407 e. The van der Waals surface area contributed by atoms with E-state index in [2.05, 4.69) is 61.6 Å². The van der Waals surface area contributed by atoms with Crippen LogP contribution in [0.3, 0.4) is 0 Å². The van der Waals surface area contributed by atoms with Gasteiger partial charge in [-0.3, -0.25) is 9.36 Å². The molecule has 2 aromatic carbocycles. The average molecular weight is 755 g/mol. The molecule has 0 bridgehead atoms. The number of benzene rings is 2. The van der Waals surface area contributed by atoms with Crippen LogP contribution in [0.25, 0.3) is 44.7 Å². The van der Waals surface area contributed by atoms with Gasteiger partial charge in [0, 0.05) is 34.2 Å². The van der Waals surface area contributed by atoms with Crippen LogP contribution >= 0.6 is 0 Å². The molecule has 10 rings (SSSR count). The number of aromatic amines is 2. The highest BCUT2D eigenvalue weighted by Crippen LogP contribution is 2.49. The quantitative estimate of drug-likeness (QED) is 0.122. The van der Waals surface area contributed by atoms with Gasteiger partial charge in [0.15, 0.2) is 5.76 Å². The molecule has 1 unspecified atom stereocenters. The highest BCUT2D eigenvalue weighted by molar-refractivity contribution is 5.92. The number of carbonyl (C=O) groups excluding carboxylic acids is 2. The molecule has 2 amide bonds. The zero-order chi connectivity index (χ0) is 38.3. The lowest BCUT2D eigenvalue weighted by Crippen LogP contribution is -2.51. The number of aryl methyl sites for hydroxylation is 1. The van der Waals surface area contributed by atoms with E-state index in [0.29, 0.717) is 23.7 Å². The van der Waals surface area contributed by atoms with Crippen molar-refractivity contribution in [3.8, 4) is 39.5 Å². The summed E-state index contributed by atoms with van der Waals surface area (Å²) in [5.74, 6) is 3.73. The van der Waals surface area contributed by atoms with E-state index in [1.54, 1.807) is 0 Å². The molecule has 1 saturated carbocycles. The van der Waals surface area contributed by atoms with E-state index in [4.69, 9.17) is 23.9 Å². The molecule has 1 spiro atoms. The summed E-state index contributed by atoms with van der Waals surface area (Å²) in [5.41, 5.74) is 7.22. The van der Waals surface area contributed by atoms with Crippen molar-refractivity contribution in [1.29, 1.82) is 0 Å². The van der Waals surface area contributed by atoms with Crippen LogP contribution in [0.1, 0.15) is 93.9 Å². The lowest BCUT2D eigenvalue weighted by Gasteiger charge is -2.30. The minimum absolute atomic E-state index is 0.112. The molecule has 4 atom stereocenters. The number of nitrogens with one attached hydrogen (secondary N) is 4. The molecule has 4 aromatic heterocycles. The summed E-state index contributed by atoms with van der Waals surface area (Å²) < 4.78 is 20.1. The number of fused-ring (bicyclic) bond motifs is 5. The number of nitrogens with zero attached hydrogens (tertiary/aromatic N) is 4. The van der Waals surface area contributed by atoms with E-state index < -0.39 is 18.4 Å². The molecule has 56 heavy (non-hydrogen) atoms. The van der Waals surface area contributed by atoms with Gasteiger partial charge >= 0.3 is 6.09 Å². The van der Waals surface area contributed by atoms with Crippen molar-refractivity contribution in [2.45, 2.75) is 89.2 Å². The van der Waals surface area contributed by atoms with Crippen molar-refractivity contribution in [3.05, 3.63) is 90.2 Å². The first-order valence-electron chi connectivity index (χ1n) is 19.7. The predicted molar refractivity (Wildman–Crippen MR) is 210 cm³/mol. The van der Waals surface area contributed by atoms with Gasteiger partial charge in [-0.1, -0.05) is 26.0 Å². The Hall–Kier alpha value is -5.82.